The maximum Gasteiger partial charge on any atom is 0.409 e. The first kappa shape index (κ1) is 19.8. The zero-order valence-corrected chi connectivity index (χ0v) is 13.6. The average Bonchev–Trinajstić information content (AvgIpc) is 2.28. The van der Waals surface area contributed by atoms with Gasteiger partial charge in [-0.2, -0.15) is 13.2 Å². The predicted molar refractivity (Wildman–Crippen MR) is 79.1 cm³/mol. The van der Waals surface area contributed by atoms with Crippen LogP contribution in [-0.2, 0) is 0 Å². The Kier molecular flexibility index (Phi) is 7.07. The molecule has 0 amide bonds. The summed E-state index contributed by atoms with van der Waals surface area (Å²) in [5.41, 5.74) is 5.44. The number of hydrogen-bond donors (Lipinski definition) is 3. The van der Waals surface area contributed by atoms with E-state index in [0.29, 0.717) is 5.57 Å². The first-order chi connectivity index (χ1) is 8.58. The molecule has 0 saturated heterocycles. The Labute approximate surface area is 131 Å². The van der Waals surface area contributed by atoms with Crippen molar-refractivity contribution in [2.45, 2.75) is 42.9 Å². The van der Waals surface area contributed by atoms with Crippen molar-refractivity contribution in [3.05, 3.63) is 23.4 Å². The predicted octanol–water partition coefficient (Wildman–Crippen LogP) is 2.64. The van der Waals surface area contributed by atoms with E-state index in [1.54, 1.807) is 0 Å². The normalized spacial score (nSPS) is 24.8. The van der Waals surface area contributed by atoms with Gasteiger partial charge in [-0.25, -0.2) is 0 Å². The van der Waals surface area contributed by atoms with Crippen molar-refractivity contribution in [1.29, 1.82) is 0 Å². The van der Waals surface area contributed by atoms with Crippen LogP contribution in [0, 0.1) is 0 Å². The van der Waals surface area contributed by atoms with Crippen LogP contribution in [0.25, 0.3) is 0 Å². The van der Waals surface area contributed by atoms with Gasteiger partial charge in [0.05, 0.1) is 6.10 Å². The molecule has 0 aromatic carbocycles. The molecule has 8 heteroatoms. The van der Waals surface area contributed by atoms with Crippen molar-refractivity contribution in [3.63, 3.8) is 0 Å². The van der Waals surface area contributed by atoms with Crippen LogP contribution in [0.4, 0.5) is 13.2 Å². The Bertz CT molecular complexity index is 399. The average molecular weight is 380 g/mol. The lowest BCUT2D eigenvalue weighted by Gasteiger charge is -2.35. The molecule has 0 heterocycles. The number of nitrogens with one attached hydrogen (secondary N) is 1. The molecule has 1 rings (SSSR count). The molecule has 0 aromatic heterocycles. The van der Waals surface area contributed by atoms with E-state index in [2.05, 4.69) is 21.2 Å². The van der Waals surface area contributed by atoms with Crippen LogP contribution in [0.5, 0.6) is 0 Å². The van der Waals surface area contributed by atoms with Gasteiger partial charge in [0.1, 0.15) is 0 Å². The monoisotopic (exact) mass is 378 g/mol. The Morgan fingerprint density at radius 1 is 1.45 bits per heavy atom. The van der Waals surface area contributed by atoms with Crippen molar-refractivity contribution in [1.82, 2.24) is 5.32 Å². The number of alkyl halides is 4. The molecule has 2 unspecified atom stereocenters. The maximum atomic E-state index is 13.0. The topological polar surface area (TPSA) is 58.3 Å². The highest BCUT2D eigenvalue weighted by Crippen LogP contribution is 2.48. The van der Waals surface area contributed by atoms with Crippen molar-refractivity contribution in [3.8, 4) is 0 Å². The molecule has 1 aliphatic rings. The van der Waals surface area contributed by atoms with Gasteiger partial charge in [-0.1, -0.05) is 35.9 Å². The van der Waals surface area contributed by atoms with Gasteiger partial charge in [-0.15, -0.1) is 12.4 Å². The molecular weight excluding hydrogens is 360 g/mol. The van der Waals surface area contributed by atoms with E-state index in [0.717, 1.165) is 0 Å². The quantitative estimate of drug-likeness (QED) is 0.658. The van der Waals surface area contributed by atoms with Crippen LogP contribution in [0.1, 0.15) is 20.3 Å². The molecule has 1 aliphatic carbocycles. The summed E-state index contributed by atoms with van der Waals surface area (Å²) in [4.78, 5) is 0. The number of aliphatic hydroxyl groups is 1. The number of allylic oxidation sites excluding steroid dienone is 3. The minimum atomic E-state index is -4.52. The zero-order chi connectivity index (χ0) is 14.8. The van der Waals surface area contributed by atoms with Gasteiger partial charge in [0.15, 0.2) is 4.32 Å². The van der Waals surface area contributed by atoms with E-state index in [1.165, 1.54) is 12.2 Å². The zero-order valence-electron chi connectivity index (χ0n) is 11.2. The summed E-state index contributed by atoms with van der Waals surface area (Å²) < 4.78 is 36.8. The fourth-order valence-corrected chi connectivity index (χ4v) is 2.20. The lowest BCUT2D eigenvalue weighted by atomic mass is 9.88. The lowest BCUT2D eigenvalue weighted by molar-refractivity contribution is -0.149. The molecule has 118 valence electrons. The molecule has 0 fully saturated rings. The molecular formula is C12H19BrClF3N2O. The van der Waals surface area contributed by atoms with Crippen molar-refractivity contribution in [2.75, 3.05) is 6.54 Å². The molecule has 20 heavy (non-hydrogen) atoms. The van der Waals surface area contributed by atoms with Gasteiger partial charge < -0.3 is 16.2 Å². The fraction of sp³-hybridized carbons (Fsp3) is 0.667. The van der Waals surface area contributed by atoms with E-state index in [1.807, 2.05) is 13.8 Å². The first-order valence-electron chi connectivity index (χ1n) is 5.91. The number of halogens is 5. The first-order valence-corrected chi connectivity index (χ1v) is 6.71. The summed E-state index contributed by atoms with van der Waals surface area (Å²) in [6.07, 6.45) is -3.23. The lowest BCUT2D eigenvalue weighted by Crippen LogP contribution is -2.47. The van der Waals surface area contributed by atoms with E-state index in [4.69, 9.17) is 5.73 Å². The van der Waals surface area contributed by atoms with E-state index < -0.39 is 16.6 Å². The van der Waals surface area contributed by atoms with Crippen molar-refractivity contribution >= 4 is 28.3 Å². The number of rotatable bonds is 4. The van der Waals surface area contributed by atoms with Gasteiger partial charge in [0, 0.05) is 24.7 Å². The Hall–Kier alpha value is -0.240. The molecule has 0 aliphatic heterocycles. The van der Waals surface area contributed by atoms with Gasteiger partial charge >= 0.3 is 6.18 Å². The highest BCUT2D eigenvalue weighted by molar-refractivity contribution is 9.10. The molecule has 3 nitrogen and oxygen atoms in total. The van der Waals surface area contributed by atoms with Crippen molar-refractivity contribution < 1.29 is 18.3 Å². The standard InChI is InChI=1S/C12H18BrF3N2O.ClH/c1-7(2)18-6-9(19)8-3-4-10(17)11(13,5-8)12(14,15)16;/h3-4,7,9,18-19H,5-6,17H2,1-2H3;1H. The summed E-state index contributed by atoms with van der Waals surface area (Å²) in [6.45, 7) is 3.99. The molecule has 0 radical (unpaired) electrons. The third kappa shape index (κ3) is 4.38. The molecule has 4 N–H and O–H groups in total. The SMILES string of the molecule is CC(C)NCC(O)C1=CC=C(N)C(Br)(C(F)(F)F)C1.Cl. The van der Waals surface area contributed by atoms with E-state index in [-0.39, 0.29) is 37.1 Å². The number of nitrogens with two attached hydrogens (primary N) is 1. The largest absolute Gasteiger partial charge is 0.409 e. The highest BCUT2D eigenvalue weighted by atomic mass is 79.9. The van der Waals surface area contributed by atoms with Crippen LogP contribution in [0.15, 0.2) is 23.4 Å². The molecule has 0 bridgehead atoms. The third-order valence-electron chi connectivity index (χ3n) is 2.98. The van der Waals surface area contributed by atoms with Crippen LogP contribution >= 0.6 is 28.3 Å². The number of hydrogen-bond acceptors (Lipinski definition) is 3. The van der Waals surface area contributed by atoms with Crippen molar-refractivity contribution in [2.24, 2.45) is 5.73 Å². The van der Waals surface area contributed by atoms with Crippen LogP contribution in [0.2, 0.25) is 0 Å². The molecule has 0 spiro atoms. The van der Waals surface area contributed by atoms with Gasteiger partial charge in [-0.3, -0.25) is 0 Å². The minimum Gasteiger partial charge on any atom is -0.401 e. The van der Waals surface area contributed by atoms with Crippen LogP contribution < -0.4 is 11.1 Å². The van der Waals surface area contributed by atoms with Gasteiger partial charge in [0.25, 0.3) is 0 Å². The summed E-state index contributed by atoms with van der Waals surface area (Å²) in [6, 6.07) is 0.149. The van der Waals surface area contributed by atoms with Crippen LogP contribution in [-0.4, -0.2) is 34.3 Å². The summed E-state index contributed by atoms with van der Waals surface area (Å²) >= 11 is 2.68. The van der Waals surface area contributed by atoms with Gasteiger partial charge in [-0.05, 0) is 11.6 Å². The minimum absolute atomic E-state index is 0. The third-order valence-corrected chi connectivity index (χ3v) is 4.17. The smallest absolute Gasteiger partial charge is 0.401 e. The maximum absolute atomic E-state index is 13.0. The molecule has 2 atom stereocenters. The molecule has 0 saturated carbocycles. The molecule has 0 aromatic rings. The second kappa shape index (κ2) is 7.15. The number of aliphatic hydroxyl groups excluding tert-OH is 1. The van der Waals surface area contributed by atoms with Crippen LogP contribution in [0.3, 0.4) is 0 Å². The summed E-state index contributed by atoms with van der Waals surface area (Å²) in [7, 11) is 0. The van der Waals surface area contributed by atoms with E-state index in [9.17, 15) is 18.3 Å². The summed E-state index contributed by atoms with van der Waals surface area (Å²) in [5.74, 6) is 0. The Morgan fingerprint density at radius 2 is 2.00 bits per heavy atom. The van der Waals surface area contributed by atoms with Gasteiger partial charge in [0.2, 0.25) is 0 Å². The second-order valence-corrected chi connectivity index (χ2v) is 6.27. The Balaban J connectivity index is 0.00000361. The second-order valence-electron chi connectivity index (χ2n) is 4.92. The fourth-order valence-electron chi connectivity index (χ4n) is 1.74. The van der Waals surface area contributed by atoms with E-state index >= 15 is 0 Å². The summed E-state index contributed by atoms with van der Waals surface area (Å²) in [5, 5.41) is 12.9. The Morgan fingerprint density at radius 3 is 2.45 bits per heavy atom. The highest BCUT2D eigenvalue weighted by Gasteiger charge is 2.56.